The minimum absolute atomic E-state index is 0.390. The Kier molecular flexibility index (Phi) is 5.34. The first-order valence-corrected chi connectivity index (χ1v) is 9.00. The van der Waals surface area contributed by atoms with Gasteiger partial charge >= 0.3 is 0 Å². The lowest BCUT2D eigenvalue weighted by Gasteiger charge is -2.21. The molecule has 118 valence electrons. The van der Waals surface area contributed by atoms with Crippen molar-refractivity contribution in [2.45, 2.75) is 70.3 Å². The highest BCUT2D eigenvalue weighted by atomic mass is 16.2. The first-order valence-electron chi connectivity index (χ1n) is 9.00. The van der Waals surface area contributed by atoms with Crippen molar-refractivity contribution in [2.75, 3.05) is 19.6 Å². The summed E-state index contributed by atoms with van der Waals surface area (Å²) < 4.78 is 0. The maximum absolute atomic E-state index is 12.1. The molecule has 1 aliphatic heterocycles. The summed E-state index contributed by atoms with van der Waals surface area (Å²) in [6.07, 6.45) is 14.6. The van der Waals surface area contributed by atoms with Gasteiger partial charge in [0.25, 0.3) is 0 Å². The van der Waals surface area contributed by atoms with Crippen LogP contribution in [0, 0.1) is 5.92 Å². The van der Waals surface area contributed by atoms with Gasteiger partial charge in [0.1, 0.15) is 0 Å². The van der Waals surface area contributed by atoms with E-state index >= 15 is 0 Å². The van der Waals surface area contributed by atoms with Gasteiger partial charge in [-0.3, -0.25) is 4.79 Å². The normalized spacial score (nSPS) is 27.4. The van der Waals surface area contributed by atoms with Crippen molar-refractivity contribution in [3.05, 3.63) is 11.6 Å². The molecular formula is C18H30N2O. The van der Waals surface area contributed by atoms with Gasteiger partial charge < -0.3 is 10.2 Å². The standard InChI is InChI=1S/C18H30N2O/c21-18-9-8-17(11-13-20(18)14-16-6-7-16)19-12-10-15-4-2-1-3-5-15/h4,16-17,19H,1-3,5-14H2/t17-/m0/s1. The van der Waals surface area contributed by atoms with Gasteiger partial charge in [-0.05, 0) is 70.3 Å². The predicted octanol–water partition coefficient (Wildman–Crippen LogP) is 3.26. The van der Waals surface area contributed by atoms with Crippen molar-refractivity contribution in [3.8, 4) is 0 Å². The molecule has 0 aromatic rings. The summed E-state index contributed by atoms with van der Waals surface area (Å²) in [6.45, 7) is 3.08. The predicted molar refractivity (Wildman–Crippen MR) is 86.1 cm³/mol. The second kappa shape index (κ2) is 7.44. The zero-order chi connectivity index (χ0) is 14.5. The Morgan fingerprint density at radius 1 is 1.14 bits per heavy atom. The Bertz CT molecular complexity index is 387. The molecule has 0 spiro atoms. The van der Waals surface area contributed by atoms with Gasteiger partial charge in [0.15, 0.2) is 0 Å². The molecule has 2 aliphatic carbocycles. The Morgan fingerprint density at radius 2 is 2.05 bits per heavy atom. The average Bonchev–Trinajstić information content (AvgIpc) is 3.33. The fraction of sp³-hybridized carbons (Fsp3) is 0.833. The highest BCUT2D eigenvalue weighted by Crippen LogP contribution is 2.30. The molecule has 1 heterocycles. The van der Waals surface area contributed by atoms with E-state index in [1.165, 1.54) is 44.9 Å². The van der Waals surface area contributed by atoms with Crippen molar-refractivity contribution in [1.82, 2.24) is 10.2 Å². The summed E-state index contributed by atoms with van der Waals surface area (Å²) in [4.78, 5) is 14.3. The molecule has 1 saturated carbocycles. The van der Waals surface area contributed by atoms with Gasteiger partial charge in [-0.1, -0.05) is 11.6 Å². The summed E-state index contributed by atoms with van der Waals surface area (Å²) in [5.74, 6) is 1.21. The van der Waals surface area contributed by atoms with E-state index in [1.807, 2.05) is 0 Å². The van der Waals surface area contributed by atoms with Crippen molar-refractivity contribution in [3.63, 3.8) is 0 Å². The molecule has 0 radical (unpaired) electrons. The molecular weight excluding hydrogens is 260 g/mol. The Hall–Kier alpha value is -0.830. The summed E-state index contributed by atoms with van der Waals surface area (Å²) in [5.41, 5.74) is 1.65. The molecule has 3 nitrogen and oxygen atoms in total. The number of carbonyl (C=O) groups excluding carboxylic acids is 1. The van der Waals surface area contributed by atoms with Crippen LogP contribution >= 0.6 is 0 Å². The van der Waals surface area contributed by atoms with Crippen LogP contribution in [0.5, 0.6) is 0 Å². The topological polar surface area (TPSA) is 32.3 Å². The van der Waals surface area contributed by atoms with E-state index in [0.29, 0.717) is 11.9 Å². The second-order valence-corrected chi connectivity index (χ2v) is 7.12. The van der Waals surface area contributed by atoms with Crippen LogP contribution in [-0.2, 0) is 4.79 Å². The minimum atomic E-state index is 0.390. The van der Waals surface area contributed by atoms with E-state index in [9.17, 15) is 4.79 Å². The Balaban J connectivity index is 1.37. The van der Waals surface area contributed by atoms with E-state index < -0.39 is 0 Å². The molecule has 0 aromatic heterocycles. The third-order valence-electron chi connectivity index (χ3n) is 5.25. The largest absolute Gasteiger partial charge is 0.342 e. The third-order valence-corrected chi connectivity index (χ3v) is 5.25. The van der Waals surface area contributed by atoms with Crippen molar-refractivity contribution in [1.29, 1.82) is 0 Å². The quantitative estimate of drug-likeness (QED) is 0.762. The molecule has 0 bridgehead atoms. The van der Waals surface area contributed by atoms with Crippen LogP contribution < -0.4 is 5.32 Å². The number of nitrogens with zero attached hydrogens (tertiary/aromatic N) is 1. The zero-order valence-electron chi connectivity index (χ0n) is 13.3. The summed E-state index contributed by atoms with van der Waals surface area (Å²) in [5, 5.41) is 3.70. The molecule has 1 saturated heterocycles. The number of nitrogens with one attached hydrogen (secondary N) is 1. The van der Waals surface area contributed by atoms with E-state index in [4.69, 9.17) is 0 Å². The molecule has 0 unspecified atom stereocenters. The highest BCUT2D eigenvalue weighted by molar-refractivity contribution is 5.76. The SMILES string of the molecule is O=C1CC[C@H](NCCC2=CCCCC2)CCN1CC1CC1. The van der Waals surface area contributed by atoms with Gasteiger partial charge in [-0.25, -0.2) is 0 Å². The molecule has 1 N–H and O–H groups in total. The number of rotatable bonds is 6. The second-order valence-electron chi connectivity index (χ2n) is 7.12. The van der Waals surface area contributed by atoms with Crippen LogP contribution in [0.2, 0.25) is 0 Å². The van der Waals surface area contributed by atoms with Crippen LogP contribution in [0.15, 0.2) is 11.6 Å². The van der Waals surface area contributed by atoms with Crippen LogP contribution in [0.1, 0.15) is 64.2 Å². The van der Waals surface area contributed by atoms with E-state index in [0.717, 1.165) is 44.8 Å². The van der Waals surface area contributed by atoms with Crippen LogP contribution in [0.3, 0.4) is 0 Å². The highest BCUT2D eigenvalue weighted by Gasteiger charge is 2.28. The molecule has 1 amide bonds. The molecule has 3 aliphatic rings. The maximum atomic E-state index is 12.1. The molecule has 3 rings (SSSR count). The third kappa shape index (κ3) is 4.84. The van der Waals surface area contributed by atoms with Crippen molar-refractivity contribution < 1.29 is 4.79 Å². The Labute approximate surface area is 129 Å². The lowest BCUT2D eigenvalue weighted by atomic mass is 9.97. The lowest BCUT2D eigenvalue weighted by molar-refractivity contribution is -0.130. The van der Waals surface area contributed by atoms with Gasteiger partial charge in [0.2, 0.25) is 5.91 Å². The average molecular weight is 290 g/mol. The van der Waals surface area contributed by atoms with Crippen LogP contribution in [-0.4, -0.2) is 36.5 Å². The fourth-order valence-corrected chi connectivity index (χ4v) is 3.61. The molecule has 2 fully saturated rings. The number of carbonyl (C=O) groups is 1. The van der Waals surface area contributed by atoms with E-state index in [1.54, 1.807) is 5.57 Å². The minimum Gasteiger partial charge on any atom is -0.342 e. The first kappa shape index (κ1) is 15.1. The smallest absolute Gasteiger partial charge is 0.222 e. The summed E-state index contributed by atoms with van der Waals surface area (Å²) >= 11 is 0. The van der Waals surface area contributed by atoms with E-state index in [-0.39, 0.29) is 0 Å². The molecule has 1 atom stereocenters. The summed E-state index contributed by atoms with van der Waals surface area (Å²) in [6, 6.07) is 0.544. The van der Waals surface area contributed by atoms with Crippen molar-refractivity contribution >= 4 is 5.91 Å². The zero-order valence-corrected chi connectivity index (χ0v) is 13.3. The van der Waals surface area contributed by atoms with Crippen molar-refractivity contribution in [2.24, 2.45) is 5.92 Å². The van der Waals surface area contributed by atoms with Gasteiger partial charge in [0, 0.05) is 25.6 Å². The number of allylic oxidation sites excluding steroid dienone is 1. The Morgan fingerprint density at radius 3 is 2.81 bits per heavy atom. The maximum Gasteiger partial charge on any atom is 0.222 e. The lowest BCUT2D eigenvalue weighted by Crippen LogP contribution is -2.34. The van der Waals surface area contributed by atoms with Gasteiger partial charge in [0.05, 0.1) is 0 Å². The van der Waals surface area contributed by atoms with Gasteiger partial charge in [-0.15, -0.1) is 0 Å². The summed E-state index contributed by atoms with van der Waals surface area (Å²) in [7, 11) is 0. The number of hydrogen-bond donors (Lipinski definition) is 1. The molecule has 21 heavy (non-hydrogen) atoms. The number of amides is 1. The molecule has 0 aromatic carbocycles. The number of hydrogen-bond acceptors (Lipinski definition) is 2. The van der Waals surface area contributed by atoms with Gasteiger partial charge in [-0.2, -0.15) is 0 Å². The monoisotopic (exact) mass is 290 g/mol. The number of likely N-dealkylation sites (tertiary alicyclic amines) is 1. The van der Waals surface area contributed by atoms with Crippen LogP contribution in [0.4, 0.5) is 0 Å². The van der Waals surface area contributed by atoms with E-state index in [2.05, 4.69) is 16.3 Å². The van der Waals surface area contributed by atoms with Crippen LogP contribution in [0.25, 0.3) is 0 Å². The molecule has 3 heteroatoms. The first-order chi connectivity index (χ1) is 10.3. The fourth-order valence-electron chi connectivity index (χ4n) is 3.61.